The monoisotopic (exact) mass is 276 g/mol. The van der Waals surface area contributed by atoms with Gasteiger partial charge in [-0.3, -0.25) is 0 Å². The van der Waals surface area contributed by atoms with Gasteiger partial charge in [0.15, 0.2) is 5.82 Å². The smallest absolute Gasteiger partial charge is 0.161 e. The largest absolute Gasteiger partial charge is 0.494 e. The van der Waals surface area contributed by atoms with E-state index in [4.69, 9.17) is 16.3 Å². The number of aromatic nitrogens is 2. The zero-order valence-corrected chi connectivity index (χ0v) is 12.2. The van der Waals surface area contributed by atoms with Crippen LogP contribution in [0.5, 0.6) is 5.75 Å². The van der Waals surface area contributed by atoms with E-state index in [1.165, 1.54) is 0 Å². The molecule has 0 saturated heterocycles. The van der Waals surface area contributed by atoms with Crippen LogP contribution in [0, 0.1) is 6.92 Å². The van der Waals surface area contributed by atoms with Crippen LogP contribution in [0.3, 0.4) is 0 Å². The summed E-state index contributed by atoms with van der Waals surface area (Å²) in [5.74, 6) is 1.46. The van der Waals surface area contributed by atoms with Crippen molar-refractivity contribution in [3.63, 3.8) is 0 Å². The molecule has 0 aliphatic rings. The maximum atomic E-state index is 6.20. The van der Waals surface area contributed by atoms with Crippen molar-refractivity contribution in [1.82, 2.24) is 9.97 Å². The summed E-state index contributed by atoms with van der Waals surface area (Å²) in [5, 5.41) is 0.534. The van der Waals surface area contributed by atoms with E-state index in [-0.39, 0.29) is 0 Å². The van der Waals surface area contributed by atoms with E-state index in [0.717, 1.165) is 29.0 Å². The molecule has 0 spiro atoms. The number of hydrogen-bond acceptors (Lipinski definition) is 3. The molecule has 0 aliphatic heterocycles. The number of rotatable bonds is 4. The lowest BCUT2D eigenvalue weighted by Gasteiger charge is -2.09. The Bertz CT molecular complexity index is 561. The highest BCUT2D eigenvalue weighted by molar-refractivity contribution is 6.30. The Labute approximate surface area is 118 Å². The van der Waals surface area contributed by atoms with Gasteiger partial charge in [-0.25, -0.2) is 9.97 Å². The quantitative estimate of drug-likeness (QED) is 0.790. The minimum atomic E-state index is 0.534. The second kappa shape index (κ2) is 6.02. The van der Waals surface area contributed by atoms with E-state index >= 15 is 0 Å². The Kier molecular flexibility index (Phi) is 4.38. The van der Waals surface area contributed by atoms with Crippen molar-refractivity contribution in [3.05, 3.63) is 40.7 Å². The summed E-state index contributed by atoms with van der Waals surface area (Å²) in [5.41, 5.74) is 2.85. The van der Waals surface area contributed by atoms with Crippen LogP contribution < -0.4 is 4.74 Å². The molecule has 0 unspecified atom stereocenters. The first-order valence-corrected chi connectivity index (χ1v) is 6.79. The van der Waals surface area contributed by atoms with Crippen LogP contribution in [-0.2, 0) is 6.42 Å². The molecule has 2 rings (SSSR count). The Hall–Kier alpha value is -1.61. The van der Waals surface area contributed by atoms with Crippen LogP contribution in [0.2, 0.25) is 5.15 Å². The van der Waals surface area contributed by atoms with Crippen LogP contribution in [-0.4, -0.2) is 16.6 Å². The Morgan fingerprint density at radius 1 is 1.21 bits per heavy atom. The van der Waals surface area contributed by atoms with E-state index in [9.17, 15) is 0 Å². The van der Waals surface area contributed by atoms with Gasteiger partial charge in [0.25, 0.3) is 0 Å². The topological polar surface area (TPSA) is 35.0 Å². The lowest BCUT2D eigenvalue weighted by Crippen LogP contribution is -1.99. The minimum Gasteiger partial charge on any atom is -0.494 e. The van der Waals surface area contributed by atoms with Gasteiger partial charge >= 0.3 is 0 Å². The second-order valence-electron chi connectivity index (χ2n) is 4.22. The Balaban J connectivity index is 2.44. The number of aryl methyl sites for hydroxylation is 1. The van der Waals surface area contributed by atoms with Gasteiger partial charge in [0.1, 0.15) is 10.9 Å². The number of halogens is 1. The molecule has 0 amide bonds. The van der Waals surface area contributed by atoms with Crippen molar-refractivity contribution < 1.29 is 4.74 Å². The van der Waals surface area contributed by atoms with Gasteiger partial charge in [-0.2, -0.15) is 0 Å². The molecule has 0 fully saturated rings. The van der Waals surface area contributed by atoms with Crippen LogP contribution >= 0.6 is 11.6 Å². The molecule has 0 N–H and O–H groups in total. The summed E-state index contributed by atoms with van der Waals surface area (Å²) < 4.78 is 5.48. The number of nitrogens with zero attached hydrogens (tertiary/aromatic N) is 2. The number of ether oxygens (including phenoxy) is 1. The average molecular weight is 277 g/mol. The first-order chi connectivity index (χ1) is 9.15. The van der Waals surface area contributed by atoms with Crippen molar-refractivity contribution >= 4 is 11.6 Å². The van der Waals surface area contributed by atoms with E-state index < -0.39 is 0 Å². The fraction of sp³-hybridized carbons (Fsp3) is 0.333. The summed E-state index contributed by atoms with van der Waals surface area (Å²) in [4.78, 5) is 8.90. The molecule has 2 aromatic rings. The maximum absolute atomic E-state index is 6.20. The van der Waals surface area contributed by atoms with Gasteiger partial charge in [0.2, 0.25) is 0 Å². The van der Waals surface area contributed by atoms with Crippen molar-refractivity contribution in [2.75, 3.05) is 6.61 Å². The first-order valence-electron chi connectivity index (χ1n) is 6.42. The third-order valence-electron chi connectivity index (χ3n) is 2.92. The highest BCUT2D eigenvalue weighted by Gasteiger charge is 2.10. The third kappa shape index (κ3) is 3.04. The zero-order chi connectivity index (χ0) is 13.8. The molecule has 3 nitrogen and oxygen atoms in total. The lowest BCUT2D eigenvalue weighted by molar-refractivity contribution is 0.340. The predicted molar refractivity (Wildman–Crippen MR) is 77.8 cm³/mol. The van der Waals surface area contributed by atoms with Crippen LogP contribution in [0.1, 0.15) is 25.1 Å². The van der Waals surface area contributed by atoms with Crippen LogP contribution in [0.15, 0.2) is 24.3 Å². The molecule has 0 saturated carbocycles. The number of benzene rings is 1. The predicted octanol–water partition coefficient (Wildman–Crippen LogP) is 4.07. The highest BCUT2D eigenvalue weighted by Crippen LogP contribution is 2.25. The van der Waals surface area contributed by atoms with E-state index in [1.807, 2.05) is 45.0 Å². The second-order valence-corrected chi connectivity index (χ2v) is 4.57. The van der Waals surface area contributed by atoms with Gasteiger partial charge in [-0.05, 0) is 32.4 Å². The van der Waals surface area contributed by atoms with Gasteiger partial charge in [0.05, 0.1) is 6.61 Å². The summed E-state index contributed by atoms with van der Waals surface area (Å²) in [7, 11) is 0. The number of hydrogen-bond donors (Lipinski definition) is 0. The standard InChI is InChI=1S/C15H17ClN2O/c1-4-13-10(3)17-15(18-14(13)16)11-7-6-8-12(9-11)19-5-2/h6-9H,4-5H2,1-3H3. The van der Waals surface area contributed by atoms with Crippen molar-refractivity contribution in [1.29, 1.82) is 0 Å². The fourth-order valence-corrected chi connectivity index (χ4v) is 2.33. The van der Waals surface area contributed by atoms with E-state index in [2.05, 4.69) is 9.97 Å². The van der Waals surface area contributed by atoms with E-state index in [0.29, 0.717) is 17.6 Å². The molecular weight excluding hydrogens is 260 g/mol. The van der Waals surface area contributed by atoms with Gasteiger partial charge in [-0.1, -0.05) is 30.7 Å². The summed E-state index contributed by atoms with van der Waals surface area (Å²) >= 11 is 6.20. The zero-order valence-electron chi connectivity index (χ0n) is 11.4. The maximum Gasteiger partial charge on any atom is 0.161 e. The molecule has 1 heterocycles. The van der Waals surface area contributed by atoms with E-state index in [1.54, 1.807) is 0 Å². The van der Waals surface area contributed by atoms with Gasteiger partial charge < -0.3 is 4.74 Å². The molecule has 0 radical (unpaired) electrons. The molecule has 1 aromatic heterocycles. The lowest BCUT2D eigenvalue weighted by atomic mass is 10.1. The molecule has 0 atom stereocenters. The van der Waals surface area contributed by atoms with Crippen molar-refractivity contribution in [2.45, 2.75) is 27.2 Å². The Morgan fingerprint density at radius 2 is 2.00 bits per heavy atom. The molecule has 4 heteroatoms. The Morgan fingerprint density at radius 3 is 2.63 bits per heavy atom. The molecule has 100 valence electrons. The molecule has 1 aromatic carbocycles. The minimum absolute atomic E-state index is 0.534. The van der Waals surface area contributed by atoms with Gasteiger partial charge in [-0.15, -0.1) is 0 Å². The summed E-state index contributed by atoms with van der Waals surface area (Å²) in [6.45, 7) is 6.61. The molecular formula is C15H17ClN2O. The fourth-order valence-electron chi connectivity index (χ4n) is 1.98. The SMILES string of the molecule is CCOc1cccc(-c2nc(C)c(CC)c(Cl)n2)c1. The van der Waals surface area contributed by atoms with Gasteiger partial charge in [0, 0.05) is 16.8 Å². The molecule has 0 aliphatic carbocycles. The summed E-state index contributed by atoms with van der Waals surface area (Å²) in [6.07, 6.45) is 0.837. The summed E-state index contributed by atoms with van der Waals surface area (Å²) in [6, 6.07) is 7.74. The molecule has 19 heavy (non-hydrogen) atoms. The highest BCUT2D eigenvalue weighted by atomic mass is 35.5. The van der Waals surface area contributed by atoms with Crippen LogP contribution in [0.4, 0.5) is 0 Å². The average Bonchev–Trinajstić information content (AvgIpc) is 2.39. The van der Waals surface area contributed by atoms with Crippen molar-refractivity contribution in [3.8, 4) is 17.1 Å². The molecule has 0 bridgehead atoms. The van der Waals surface area contributed by atoms with Crippen LogP contribution in [0.25, 0.3) is 11.4 Å². The first kappa shape index (κ1) is 13.8. The van der Waals surface area contributed by atoms with Crippen molar-refractivity contribution in [2.24, 2.45) is 0 Å². The third-order valence-corrected chi connectivity index (χ3v) is 3.23. The normalized spacial score (nSPS) is 10.5.